The number of rotatable bonds is 7. The smallest absolute Gasteiger partial charge is 0.121 e. The van der Waals surface area contributed by atoms with Crippen LogP contribution in [0.4, 0.5) is 11.4 Å². The quantitative estimate of drug-likeness (QED) is 0.154. The lowest BCUT2D eigenvalue weighted by Crippen LogP contribution is -2.27. The first-order chi connectivity index (χ1) is 24.6. The van der Waals surface area contributed by atoms with Crippen molar-refractivity contribution < 1.29 is 0 Å². The van der Waals surface area contributed by atoms with Crippen molar-refractivity contribution >= 4 is 65.0 Å². The van der Waals surface area contributed by atoms with Crippen molar-refractivity contribution in [3.63, 3.8) is 0 Å². The molecule has 1 aliphatic heterocycles. The predicted octanol–water partition coefficient (Wildman–Crippen LogP) is 12.8. The Hall–Kier alpha value is -4.07. The van der Waals surface area contributed by atoms with Gasteiger partial charge in [-0.2, -0.15) is 0 Å². The number of benzene rings is 5. The van der Waals surface area contributed by atoms with Gasteiger partial charge >= 0.3 is 0 Å². The second kappa shape index (κ2) is 14.5. The van der Waals surface area contributed by atoms with E-state index in [1.54, 1.807) is 0 Å². The molecule has 258 valence electrons. The van der Waals surface area contributed by atoms with Crippen molar-refractivity contribution in [1.29, 1.82) is 0 Å². The summed E-state index contributed by atoms with van der Waals surface area (Å²) in [4.78, 5) is 5.21. The number of fused-ring (bicyclic) bond motifs is 1. The fraction of sp³-hybridized carbons (Fsp3) is 0.217. The minimum absolute atomic E-state index is 0.596. The number of halogens is 2. The van der Waals surface area contributed by atoms with Gasteiger partial charge in [-0.05, 0) is 124 Å². The van der Waals surface area contributed by atoms with Crippen molar-refractivity contribution in [3.05, 3.63) is 174 Å². The van der Waals surface area contributed by atoms with Gasteiger partial charge in [-0.1, -0.05) is 132 Å². The SMILES string of the molecule is CCP(C(C=C1C(c2ccccc2)=Cc2ccccc21)=C1N(c2c(C)cc(C)cc2C)CCN1c1c(C)cc(C)cc1C)c1cccc(Cl)c1Cl. The van der Waals surface area contributed by atoms with Crippen molar-refractivity contribution in [2.24, 2.45) is 0 Å². The van der Waals surface area contributed by atoms with Crippen LogP contribution in [-0.4, -0.2) is 19.3 Å². The predicted molar refractivity (Wildman–Crippen MR) is 225 cm³/mol. The number of aryl methyl sites for hydroxylation is 6. The lowest BCUT2D eigenvalue weighted by atomic mass is 9.97. The molecule has 1 heterocycles. The summed E-state index contributed by atoms with van der Waals surface area (Å²) in [6.45, 7) is 17.5. The lowest BCUT2D eigenvalue weighted by molar-refractivity contribution is 1.01. The normalized spacial score (nSPS) is 15.4. The summed E-state index contributed by atoms with van der Waals surface area (Å²) in [6.07, 6.45) is 5.77. The Balaban J connectivity index is 1.61. The highest BCUT2D eigenvalue weighted by Gasteiger charge is 2.36. The topological polar surface area (TPSA) is 6.48 Å². The van der Waals surface area contributed by atoms with E-state index in [1.807, 2.05) is 6.07 Å². The molecule has 0 aromatic heterocycles. The first-order valence-electron chi connectivity index (χ1n) is 17.8. The maximum absolute atomic E-state index is 7.18. The van der Waals surface area contributed by atoms with Crippen LogP contribution >= 0.6 is 31.1 Å². The summed E-state index contributed by atoms with van der Waals surface area (Å²) in [6, 6.07) is 35.0. The van der Waals surface area contributed by atoms with Gasteiger partial charge in [0.25, 0.3) is 0 Å². The molecule has 2 aliphatic rings. The highest BCUT2D eigenvalue weighted by molar-refractivity contribution is 7.70. The van der Waals surface area contributed by atoms with Crippen molar-refractivity contribution in [2.75, 3.05) is 29.1 Å². The van der Waals surface area contributed by atoms with Gasteiger partial charge in [0.15, 0.2) is 0 Å². The van der Waals surface area contributed by atoms with E-state index in [0.717, 1.165) is 24.6 Å². The van der Waals surface area contributed by atoms with Gasteiger partial charge in [0.2, 0.25) is 0 Å². The Morgan fingerprint density at radius 3 is 1.80 bits per heavy atom. The zero-order valence-electron chi connectivity index (χ0n) is 30.6. The fourth-order valence-electron chi connectivity index (χ4n) is 8.30. The van der Waals surface area contributed by atoms with E-state index >= 15 is 0 Å². The van der Waals surface area contributed by atoms with Crippen LogP contribution in [0.15, 0.2) is 114 Å². The number of hydrogen-bond acceptors (Lipinski definition) is 2. The first-order valence-corrected chi connectivity index (χ1v) is 20.1. The van der Waals surface area contributed by atoms with Gasteiger partial charge in [-0.15, -0.1) is 0 Å². The molecular weight excluding hydrogens is 682 g/mol. The first kappa shape index (κ1) is 35.3. The zero-order chi connectivity index (χ0) is 36.0. The molecule has 0 amide bonds. The van der Waals surface area contributed by atoms with E-state index in [2.05, 4.69) is 161 Å². The Morgan fingerprint density at radius 2 is 1.24 bits per heavy atom. The molecule has 1 atom stereocenters. The van der Waals surface area contributed by atoms with Crippen LogP contribution in [0.1, 0.15) is 57.0 Å². The Bertz CT molecular complexity index is 2130. The van der Waals surface area contributed by atoms with Gasteiger partial charge in [0, 0.05) is 35.1 Å². The third kappa shape index (κ3) is 6.60. The van der Waals surface area contributed by atoms with E-state index in [9.17, 15) is 0 Å². The molecule has 5 aromatic carbocycles. The van der Waals surface area contributed by atoms with Gasteiger partial charge in [-0.3, -0.25) is 0 Å². The van der Waals surface area contributed by atoms with Gasteiger partial charge in [-0.25, -0.2) is 0 Å². The standard InChI is InChI=1S/C46H45Cl2N2P/c1-8-51(41-20-14-19-40(47)43(41)48)42(28-39-37-18-13-12-17-36(37)27-38(39)35-15-10-9-11-16-35)46-49(44-31(4)23-29(2)24-32(44)5)21-22-50(46)45-33(6)25-30(3)26-34(45)7/h9-20,23-28H,8,21-22H2,1-7H3. The van der Waals surface area contributed by atoms with Crippen LogP contribution in [0.25, 0.3) is 17.2 Å². The Labute approximate surface area is 315 Å². The molecule has 1 fully saturated rings. The molecule has 2 nitrogen and oxygen atoms in total. The van der Waals surface area contributed by atoms with Crippen molar-refractivity contribution in [2.45, 2.75) is 48.5 Å². The zero-order valence-corrected chi connectivity index (χ0v) is 33.0. The molecule has 1 aliphatic carbocycles. The monoisotopic (exact) mass is 726 g/mol. The molecule has 0 bridgehead atoms. The van der Waals surface area contributed by atoms with Gasteiger partial charge in [0.1, 0.15) is 5.82 Å². The molecule has 51 heavy (non-hydrogen) atoms. The average Bonchev–Trinajstić information content (AvgIpc) is 3.67. The second-order valence-corrected chi connectivity index (χ2v) is 17.1. The minimum Gasteiger partial charge on any atom is -0.325 e. The van der Waals surface area contributed by atoms with Crippen LogP contribution in [0, 0.1) is 41.5 Å². The van der Waals surface area contributed by atoms with Crippen molar-refractivity contribution in [1.82, 2.24) is 0 Å². The molecule has 5 aromatic rings. The number of nitrogens with zero attached hydrogens (tertiary/aromatic N) is 2. The van der Waals surface area contributed by atoms with Crippen LogP contribution < -0.4 is 15.1 Å². The molecule has 1 saturated heterocycles. The summed E-state index contributed by atoms with van der Waals surface area (Å²) in [5.74, 6) is 1.23. The maximum Gasteiger partial charge on any atom is 0.121 e. The summed E-state index contributed by atoms with van der Waals surface area (Å²) in [5.41, 5.74) is 16.4. The van der Waals surface area contributed by atoms with Crippen LogP contribution in [0.5, 0.6) is 0 Å². The van der Waals surface area contributed by atoms with Crippen LogP contribution in [0.3, 0.4) is 0 Å². The highest BCUT2D eigenvalue weighted by atomic mass is 35.5. The third-order valence-corrected chi connectivity index (χ3v) is 13.6. The molecule has 7 rings (SSSR count). The van der Waals surface area contributed by atoms with Crippen LogP contribution in [-0.2, 0) is 0 Å². The number of anilines is 2. The summed E-state index contributed by atoms with van der Waals surface area (Å²) < 4.78 is 0. The number of allylic oxidation sites excluding steroid dienone is 4. The van der Waals surface area contributed by atoms with Crippen LogP contribution in [0.2, 0.25) is 10.0 Å². The van der Waals surface area contributed by atoms with E-state index < -0.39 is 7.92 Å². The maximum atomic E-state index is 7.18. The summed E-state index contributed by atoms with van der Waals surface area (Å²) >= 11 is 14.0. The molecule has 5 heteroatoms. The van der Waals surface area contributed by atoms with E-state index in [4.69, 9.17) is 23.2 Å². The van der Waals surface area contributed by atoms with Crippen molar-refractivity contribution in [3.8, 4) is 0 Å². The fourth-order valence-corrected chi connectivity index (χ4v) is 11.3. The van der Waals surface area contributed by atoms with E-state index in [-0.39, 0.29) is 0 Å². The Kier molecular flexibility index (Phi) is 10.1. The number of hydrogen-bond donors (Lipinski definition) is 0. The van der Waals surface area contributed by atoms with E-state index in [1.165, 1.54) is 83.7 Å². The molecule has 0 N–H and O–H groups in total. The molecule has 0 saturated carbocycles. The third-order valence-electron chi connectivity index (χ3n) is 10.1. The average molecular weight is 728 g/mol. The molecule has 1 unspecified atom stereocenters. The second-order valence-electron chi connectivity index (χ2n) is 13.9. The summed E-state index contributed by atoms with van der Waals surface area (Å²) in [5, 5.41) is 3.65. The van der Waals surface area contributed by atoms with E-state index in [0.29, 0.717) is 10.0 Å². The van der Waals surface area contributed by atoms with Gasteiger partial charge < -0.3 is 9.80 Å². The highest BCUT2D eigenvalue weighted by Crippen LogP contribution is 2.54. The minimum atomic E-state index is -0.967. The molecule has 0 spiro atoms. The lowest BCUT2D eigenvalue weighted by Gasteiger charge is -2.34. The van der Waals surface area contributed by atoms with Gasteiger partial charge in [0.05, 0.1) is 10.0 Å². The molecular formula is C46H45Cl2N2P. The Morgan fingerprint density at radius 1 is 0.686 bits per heavy atom. The molecule has 0 radical (unpaired) electrons. The largest absolute Gasteiger partial charge is 0.325 e. The summed E-state index contributed by atoms with van der Waals surface area (Å²) in [7, 11) is -0.967.